The van der Waals surface area contributed by atoms with E-state index in [0.29, 0.717) is 18.7 Å². The maximum Gasteiger partial charge on any atom is 0.251 e. The van der Waals surface area contributed by atoms with Gasteiger partial charge in [0.25, 0.3) is 5.91 Å². The lowest BCUT2D eigenvalue weighted by Gasteiger charge is -2.18. The number of nitrogens with one attached hydrogen (secondary N) is 1. The molecule has 2 aromatic heterocycles. The van der Waals surface area contributed by atoms with Crippen molar-refractivity contribution in [1.82, 2.24) is 19.9 Å². The fraction of sp³-hybridized carbons (Fsp3) is 0.219. The third-order valence-corrected chi connectivity index (χ3v) is 7.04. The first-order valence-corrected chi connectivity index (χ1v) is 13.1. The smallest absolute Gasteiger partial charge is 0.251 e. The van der Waals surface area contributed by atoms with Crippen molar-refractivity contribution in [3.63, 3.8) is 0 Å². The molecule has 0 spiro atoms. The number of pyridine rings is 1. The van der Waals surface area contributed by atoms with Crippen LogP contribution in [-0.4, -0.2) is 40.8 Å². The number of hydrogen-bond donors (Lipinski definition) is 1. The van der Waals surface area contributed by atoms with Gasteiger partial charge >= 0.3 is 0 Å². The van der Waals surface area contributed by atoms with Crippen molar-refractivity contribution in [2.45, 2.75) is 25.7 Å². The second-order valence-electron chi connectivity index (χ2n) is 9.51. The van der Waals surface area contributed by atoms with Gasteiger partial charge in [0, 0.05) is 23.2 Å². The van der Waals surface area contributed by atoms with E-state index in [1.165, 1.54) is 0 Å². The molecule has 1 N–H and O–H groups in total. The highest BCUT2D eigenvalue weighted by Crippen LogP contribution is 2.32. The highest BCUT2D eigenvalue weighted by Gasteiger charge is 2.22. The lowest BCUT2D eigenvalue weighted by molar-refractivity contribution is 0.0947. The molecule has 0 fully saturated rings. The van der Waals surface area contributed by atoms with Crippen LogP contribution in [0.2, 0.25) is 0 Å². The van der Waals surface area contributed by atoms with Gasteiger partial charge in [-0.25, -0.2) is 9.50 Å². The number of nitrogens with zero attached hydrogens (tertiary/aromatic N) is 3. The van der Waals surface area contributed by atoms with Gasteiger partial charge in [-0.3, -0.25) is 4.79 Å². The Kier molecular flexibility index (Phi) is 7.87. The molecule has 0 aliphatic rings. The van der Waals surface area contributed by atoms with Gasteiger partial charge in [0.2, 0.25) is 0 Å². The maximum atomic E-state index is 12.6. The van der Waals surface area contributed by atoms with E-state index in [9.17, 15) is 4.79 Å². The van der Waals surface area contributed by atoms with Crippen LogP contribution in [0.15, 0.2) is 97.2 Å². The number of para-hydroxylation sites is 1. The molecule has 5 rings (SSSR count). The molecular weight excluding hydrogens is 488 g/mol. The van der Waals surface area contributed by atoms with Crippen molar-refractivity contribution < 1.29 is 14.3 Å². The minimum Gasteiger partial charge on any atom is -0.497 e. The Balaban J connectivity index is 1.24. The van der Waals surface area contributed by atoms with E-state index in [0.717, 1.165) is 39.7 Å². The number of methoxy groups -OCH3 is 1. The predicted molar refractivity (Wildman–Crippen MR) is 153 cm³/mol. The van der Waals surface area contributed by atoms with Crippen LogP contribution in [0, 0.1) is 0 Å². The topological polar surface area (TPSA) is 77.8 Å². The van der Waals surface area contributed by atoms with Crippen LogP contribution in [0.1, 0.15) is 47.4 Å². The lowest BCUT2D eigenvalue weighted by Crippen LogP contribution is -2.28. The predicted octanol–water partition coefficient (Wildman–Crippen LogP) is 6.12. The van der Waals surface area contributed by atoms with E-state index in [4.69, 9.17) is 19.6 Å². The highest BCUT2D eigenvalue weighted by molar-refractivity contribution is 5.94. The monoisotopic (exact) mass is 520 g/mol. The lowest BCUT2D eigenvalue weighted by atomic mass is 9.88. The second-order valence-corrected chi connectivity index (χ2v) is 9.51. The Labute approximate surface area is 228 Å². The number of aromatic nitrogens is 3. The summed E-state index contributed by atoms with van der Waals surface area (Å²) in [7, 11) is 1.66. The number of carbonyl (C=O) groups excluding carboxylic acids is 1. The number of hydrogen-bond acceptors (Lipinski definition) is 5. The zero-order chi connectivity index (χ0) is 27.2. The first-order valence-electron chi connectivity index (χ1n) is 13.1. The van der Waals surface area contributed by atoms with Crippen LogP contribution < -0.4 is 14.8 Å². The van der Waals surface area contributed by atoms with Crippen LogP contribution in [0.4, 0.5) is 0 Å². The molecule has 7 nitrogen and oxygen atoms in total. The van der Waals surface area contributed by atoms with Gasteiger partial charge in [-0.2, -0.15) is 5.10 Å². The van der Waals surface area contributed by atoms with E-state index in [1.54, 1.807) is 7.11 Å². The molecule has 1 amide bonds. The summed E-state index contributed by atoms with van der Waals surface area (Å²) in [6, 6.07) is 29.3. The van der Waals surface area contributed by atoms with Gasteiger partial charge in [0.05, 0.1) is 13.7 Å². The van der Waals surface area contributed by atoms with Crippen molar-refractivity contribution >= 4 is 11.6 Å². The first-order chi connectivity index (χ1) is 19.0. The Morgan fingerprint density at radius 1 is 0.872 bits per heavy atom. The molecule has 198 valence electrons. The third kappa shape index (κ3) is 5.93. The quantitative estimate of drug-likeness (QED) is 0.225. The van der Waals surface area contributed by atoms with Gasteiger partial charge in [-0.15, -0.1) is 0 Å². The van der Waals surface area contributed by atoms with Gasteiger partial charge in [0.15, 0.2) is 11.5 Å². The van der Waals surface area contributed by atoms with E-state index in [-0.39, 0.29) is 17.7 Å². The van der Waals surface area contributed by atoms with Crippen LogP contribution in [0.5, 0.6) is 11.5 Å². The Bertz CT molecular complexity index is 1530. The van der Waals surface area contributed by atoms with E-state index < -0.39 is 0 Å². The first kappa shape index (κ1) is 26.0. The van der Waals surface area contributed by atoms with Gasteiger partial charge in [0.1, 0.15) is 18.1 Å². The van der Waals surface area contributed by atoms with Crippen LogP contribution >= 0.6 is 0 Å². The molecule has 2 heterocycles. The summed E-state index contributed by atoms with van der Waals surface area (Å²) in [5.41, 5.74) is 4.64. The summed E-state index contributed by atoms with van der Waals surface area (Å²) in [5.74, 6) is 2.49. The molecule has 2 atom stereocenters. The van der Waals surface area contributed by atoms with E-state index in [2.05, 4.69) is 25.2 Å². The Hall–Kier alpha value is -4.65. The molecule has 0 radical (unpaired) electrons. The molecule has 0 aliphatic heterocycles. The van der Waals surface area contributed by atoms with E-state index >= 15 is 0 Å². The number of carbonyl (C=O) groups is 1. The maximum absolute atomic E-state index is 12.6. The standard InChI is InChI=1S/C32H32N4O3/c1-22(24-11-13-26(14-12-24)32(37)33-19-21-39-28-8-5-4-6-9-28)23(2)30-34-31-29(10-7-20-36(31)35-30)25-15-17-27(38-3)18-16-25/h4-18,20,22-23H,19,21H2,1-3H3,(H,33,37). The SMILES string of the molecule is COc1ccc(-c2cccn3nc(C(C)C(C)c4ccc(C(=O)NCCOc5ccccc5)cc4)nc23)cc1. The van der Waals surface area contributed by atoms with Crippen molar-refractivity contribution in [3.8, 4) is 22.6 Å². The number of amides is 1. The minimum atomic E-state index is -0.119. The van der Waals surface area contributed by atoms with Gasteiger partial charge < -0.3 is 14.8 Å². The average Bonchev–Trinajstić information content (AvgIpc) is 3.44. The summed E-state index contributed by atoms with van der Waals surface area (Å²) in [6.45, 7) is 5.14. The molecule has 5 aromatic rings. The number of fused-ring (bicyclic) bond motifs is 1. The highest BCUT2D eigenvalue weighted by atomic mass is 16.5. The van der Waals surface area contributed by atoms with Crippen LogP contribution in [-0.2, 0) is 0 Å². The van der Waals surface area contributed by atoms with Gasteiger partial charge in [-0.05, 0) is 65.6 Å². The normalized spacial score (nSPS) is 12.6. The summed E-state index contributed by atoms with van der Waals surface area (Å²) in [4.78, 5) is 17.5. The number of rotatable bonds is 10. The summed E-state index contributed by atoms with van der Waals surface area (Å²) in [5, 5.41) is 7.71. The molecular formula is C32H32N4O3. The average molecular weight is 521 g/mol. The summed E-state index contributed by atoms with van der Waals surface area (Å²) < 4.78 is 12.8. The number of ether oxygens (including phenoxy) is 2. The van der Waals surface area contributed by atoms with Crippen LogP contribution in [0.25, 0.3) is 16.8 Å². The van der Waals surface area contributed by atoms with Crippen molar-refractivity contribution in [3.05, 3.63) is 114 Å². The fourth-order valence-electron chi connectivity index (χ4n) is 4.51. The minimum absolute atomic E-state index is 0.0726. The Morgan fingerprint density at radius 3 is 2.33 bits per heavy atom. The fourth-order valence-corrected chi connectivity index (χ4v) is 4.51. The molecule has 39 heavy (non-hydrogen) atoms. The Morgan fingerprint density at radius 2 is 1.62 bits per heavy atom. The molecule has 0 saturated carbocycles. The van der Waals surface area contributed by atoms with Crippen molar-refractivity contribution in [1.29, 1.82) is 0 Å². The summed E-state index contributed by atoms with van der Waals surface area (Å²) >= 11 is 0. The third-order valence-electron chi connectivity index (χ3n) is 7.04. The van der Waals surface area contributed by atoms with Crippen molar-refractivity contribution in [2.75, 3.05) is 20.3 Å². The second kappa shape index (κ2) is 11.8. The van der Waals surface area contributed by atoms with Crippen LogP contribution in [0.3, 0.4) is 0 Å². The molecule has 0 bridgehead atoms. The molecule has 0 aliphatic carbocycles. The molecule has 2 unspecified atom stereocenters. The van der Waals surface area contributed by atoms with Gasteiger partial charge in [-0.1, -0.05) is 56.3 Å². The summed E-state index contributed by atoms with van der Waals surface area (Å²) in [6.07, 6.45) is 1.93. The zero-order valence-corrected chi connectivity index (χ0v) is 22.4. The number of benzene rings is 3. The van der Waals surface area contributed by atoms with E-state index in [1.807, 2.05) is 95.6 Å². The molecule has 0 saturated heterocycles. The molecule has 7 heteroatoms. The van der Waals surface area contributed by atoms with Crippen molar-refractivity contribution in [2.24, 2.45) is 0 Å². The zero-order valence-electron chi connectivity index (χ0n) is 22.4. The largest absolute Gasteiger partial charge is 0.497 e. The molecule has 3 aromatic carbocycles.